The molecule has 0 saturated heterocycles. The fourth-order valence-corrected chi connectivity index (χ4v) is 1.89. The largest absolute Gasteiger partial charge is 0.329 e. The van der Waals surface area contributed by atoms with Gasteiger partial charge in [-0.25, -0.2) is 0 Å². The Morgan fingerprint density at radius 2 is 2.00 bits per heavy atom. The van der Waals surface area contributed by atoms with E-state index in [1.807, 2.05) is 0 Å². The molecule has 1 atom stereocenters. The standard InChI is InChI=1S/C9H16N2/c10-6-9(7-11)8-4-2-1-3-5-8/h8-9H,1-6,10H2. The van der Waals surface area contributed by atoms with Gasteiger partial charge in [0.1, 0.15) is 0 Å². The Morgan fingerprint density at radius 1 is 1.36 bits per heavy atom. The average Bonchev–Trinajstić information content (AvgIpc) is 2.09. The molecule has 0 radical (unpaired) electrons. The van der Waals surface area contributed by atoms with Crippen molar-refractivity contribution in [2.45, 2.75) is 32.1 Å². The minimum Gasteiger partial charge on any atom is -0.329 e. The van der Waals surface area contributed by atoms with Crippen LogP contribution in [0.25, 0.3) is 0 Å². The van der Waals surface area contributed by atoms with E-state index in [2.05, 4.69) is 6.07 Å². The van der Waals surface area contributed by atoms with E-state index in [4.69, 9.17) is 11.0 Å². The highest BCUT2D eigenvalue weighted by molar-refractivity contribution is 4.89. The van der Waals surface area contributed by atoms with Crippen LogP contribution in [0.2, 0.25) is 0 Å². The summed E-state index contributed by atoms with van der Waals surface area (Å²) in [6.45, 7) is 0.543. The summed E-state index contributed by atoms with van der Waals surface area (Å²) in [7, 11) is 0. The third kappa shape index (κ3) is 2.20. The van der Waals surface area contributed by atoms with Crippen molar-refractivity contribution in [3.8, 4) is 6.07 Å². The Morgan fingerprint density at radius 3 is 2.45 bits per heavy atom. The fraction of sp³-hybridized carbons (Fsp3) is 0.889. The SMILES string of the molecule is N#CC(CN)C1CCCCC1. The third-order valence-corrected chi connectivity index (χ3v) is 2.64. The Kier molecular flexibility index (Phi) is 3.38. The van der Waals surface area contributed by atoms with Crippen LogP contribution < -0.4 is 5.73 Å². The van der Waals surface area contributed by atoms with Crippen LogP contribution in [0.3, 0.4) is 0 Å². The van der Waals surface area contributed by atoms with Crippen LogP contribution in [0.1, 0.15) is 32.1 Å². The zero-order valence-corrected chi connectivity index (χ0v) is 6.92. The molecule has 2 heteroatoms. The normalized spacial score (nSPS) is 22.5. The van der Waals surface area contributed by atoms with Gasteiger partial charge in [0.15, 0.2) is 0 Å². The first-order valence-corrected chi connectivity index (χ1v) is 4.48. The molecule has 0 heterocycles. The van der Waals surface area contributed by atoms with Crippen LogP contribution in [0, 0.1) is 23.2 Å². The van der Waals surface area contributed by atoms with Gasteiger partial charge < -0.3 is 5.73 Å². The van der Waals surface area contributed by atoms with Gasteiger partial charge in [-0.15, -0.1) is 0 Å². The lowest BCUT2D eigenvalue weighted by molar-refractivity contribution is 0.295. The fourth-order valence-electron chi connectivity index (χ4n) is 1.89. The van der Waals surface area contributed by atoms with Gasteiger partial charge in [-0.05, 0) is 18.8 Å². The van der Waals surface area contributed by atoms with Gasteiger partial charge in [0.05, 0.1) is 12.0 Å². The van der Waals surface area contributed by atoms with Crippen molar-refractivity contribution in [1.82, 2.24) is 0 Å². The summed E-state index contributed by atoms with van der Waals surface area (Å²) in [4.78, 5) is 0. The summed E-state index contributed by atoms with van der Waals surface area (Å²) in [5.41, 5.74) is 5.49. The molecule has 0 aromatic rings. The van der Waals surface area contributed by atoms with Crippen LogP contribution in [0.15, 0.2) is 0 Å². The first kappa shape index (κ1) is 8.55. The molecule has 1 saturated carbocycles. The summed E-state index contributed by atoms with van der Waals surface area (Å²) in [5, 5.41) is 8.75. The van der Waals surface area contributed by atoms with E-state index in [0.717, 1.165) is 0 Å². The summed E-state index contributed by atoms with van der Waals surface area (Å²) < 4.78 is 0. The average molecular weight is 152 g/mol. The number of rotatable bonds is 2. The lowest BCUT2D eigenvalue weighted by Gasteiger charge is -2.24. The molecule has 2 nitrogen and oxygen atoms in total. The monoisotopic (exact) mass is 152 g/mol. The van der Waals surface area contributed by atoms with Gasteiger partial charge in [-0.1, -0.05) is 19.3 Å². The maximum absolute atomic E-state index is 8.75. The zero-order chi connectivity index (χ0) is 8.10. The number of hydrogen-bond donors (Lipinski definition) is 1. The lowest BCUT2D eigenvalue weighted by Crippen LogP contribution is -2.23. The van der Waals surface area contributed by atoms with Gasteiger partial charge in [0, 0.05) is 6.54 Å². The van der Waals surface area contributed by atoms with Crippen LogP contribution in [0.5, 0.6) is 0 Å². The highest BCUT2D eigenvalue weighted by atomic mass is 14.6. The number of nitriles is 1. The Balaban J connectivity index is 2.38. The summed E-state index contributed by atoms with van der Waals surface area (Å²) >= 11 is 0. The van der Waals surface area contributed by atoms with Crippen LogP contribution in [-0.2, 0) is 0 Å². The quantitative estimate of drug-likeness (QED) is 0.654. The number of nitrogens with zero attached hydrogens (tertiary/aromatic N) is 1. The summed E-state index contributed by atoms with van der Waals surface area (Å²) in [6.07, 6.45) is 6.37. The molecule has 1 rings (SSSR count). The molecule has 1 unspecified atom stereocenters. The lowest BCUT2D eigenvalue weighted by atomic mass is 9.81. The summed E-state index contributed by atoms with van der Waals surface area (Å²) in [6, 6.07) is 2.30. The van der Waals surface area contributed by atoms with E-state index >= 15 is 0 Å². The molecule has 0 bridgehead atoms. The molecule has 0 spiro atoms. The minimum absolute atomic E-state index is 0.121. The van der Waals surface area contributed by atoms with Gasteiger partial charge in [-0.3, -0.25) is 0 Å². The molecule has 1 aliphatic carbocycles. The minimum atomic E-state index is 0.121. The molecule has 0 aromatic carbocycles. The maximum Gasteiger partial charge on any atom is 0.0672 e. The Labute approximate surface area is 68.4 Å². The van der Waals surface area contributed by atoms with Crippen molar-refractivity contribution in [3.05, 3.63) is 0 Å². The van der Waals surface area contributed by atoms with Gasteiger partial charge in [0.2, 0.25) is 0 Å². The van der Waals surface area contributed by atoms with E-state index in [1.54, 1.807) is 0 Å². The van der Waals surface area contributed by atoms with E-state index in [0.29, 0.717) is 12.5 Å². The zero-order valence-electron chi connectivity index (χ0n) is 6.92. The number of hydrogen-bond acceptors (Lipinski definition) is 2. The topological polar surface area (TPSA) is 49.8 Å². The molecular weight excluding hydrogens is 136 g/mol. The van der Waals surface area contributed by atoms with E-state index < -0.39 is 0 Å². The van der Waals surface area contributed by atoms with Gasteiger partial charge in [0.25, 0.3) is 0 Å². The molecule has 11 heavy (non-hydrogen) atoms. The van der Waals surface area contributed by atoms with Crippen molar-refractivity contribution in [2.75, 3.05) is 6.54 Å². The second-order valence-corrected chi connectivity index (χ2v) is 3.37. The van der Waals surface area contributed by atoms with Crippen molar-refractivity contribution in [3.63, 3.8) is 0 Å². The molecule has 1 fully saturated rings. The van der Waals surface area contributed by atoms with Crippen molar-refractivity contribution in [1.29, 1.82) is 5.26 Å². The van der Waals surface area contributed by atoms with Crippen molar-refractivity contribution < 1.29 is 0 Å². The Bertz CT molecular complexity index is 142. The smallest absolute Gasteiger partial charge is 0.0672 e. The number of nitrogens with two attached hydrogens (primary N) is 1. The van der Waals surface area contributed by atoms with E-state index in [-0.39, 0.29) is 5.92 Å². The molecule has 62 valence electrons. The molecule has 0 aliphatic heterocycles. The van der Waals surface area contributed by atoms with Gasteiger partial charge in [-0.2, -0.15) is 5.26 Å². The maximum atomic E-state index is 8.75. The summed E-state index contributed by atoms with van der Waals surface area (Å²) in [5.74, 6) is 0.717. The van der Waals surface area contributed by atoms with Crippen LogP contribution >= 0.6 is 0 Å². The highest BCUT2D eigenvalue weighted by Crippen LogP contribution is 2.28. The molecular formula is C9H16N2. The van der Waals surface area contributed by atoms with Crippen molar-refractivity contribution >= 4 is 0 Å². The van der Waals surface area contributed by atoms with Gasteiger partial charge >= 0.3 is 0 Å². The van der Waals surface area contributed by atoms with E-state index in [9.17, 15) is 0 Å². The van der Waals surface area contributed by atoms with Crippen molar-refractivity contribution in [2.24, 2.45) is 17.6 Å². The van der Waals surface area contributed by atoms with E-state index in [1.165, 1.54) is 32.1 Å². The molecule has 1 aliphatic rings. The predicted octanol–water partition coefficient (Wildman–Crippen LogP) is 1.67. The predicted molar refractivity (Wildman–Crippen MR) is 44.7 cm³/mol. The highest BCUT2D eigenvalue weighted by Gasteiger charge is 2.21. The molecule has 0 amide bonds. The second kappa shape index (κ2) is 4.35. The third-order valence-electron chi connectivity index (χ3n) is 2.64. The van der Waals surface area contributed by atoms with Crippen LogP contribution in [-0.4, -0.2) is 6.54 Å². The van der Waals surface area contributed by atoms with Crippen LogP contribution in [0.4, 0.5) is 0 Å². The first-order valence-electron chi connectivity index (χ1n) is 4.48. The molecule has 2 N–H and O–H groups in total. The first-order chi connectivity index (χ1) is 5.38. The second-order valence-electron chi connectivity index (χ2n) is 3.37. The Hall–Kier alpha value is -0.550. The molecule has 0 aromatic heterocycles.